The minimum Gasteiger partial charge on any atom is -0.486 e. The molecule has 0 saturated heterocycles. The van der Waals surface area contributed by atoms with Crippen molar-refractivity contribution in [2.75, 3.05) is 6.61 Å². The third-order valence-electron chi connectivity index (χ3n) is 6.65. The lowest BCUT2D eigenvalue weighted by atomic mass is 9.67. The van der Waals surface area contributed by atoms with Crippen LogP contribution in [0.15, 0.2) is 47.9 Å². The zero-order chi connectivity index (χ0) is 24.5. The molecule has 1 aromatic carbocycles. The van der Waals surface area contributed by atoms with Gasteiger partial charge >= 0.3 is 11.9 Å². The number of ether oxygens (including phenoxy) is 2. The largest absolute Gasteiger partial charge is 0.486 e. The van der Waals surface area contributed by atoms with Crippen LogP contribution < -0.4 is 4.74 Å². The van der Waals surface area contributed by atoms with Crippen LogP contribution in [0.25, 0.3) is 6.08 Å². The van der Waals surface area contributed by atoms with E-state index in [0.29, 0.717) is 11.3 Å². The van der Waals surface area contributed by atoms with Gasteiger partial charge in [-0.05, 0) is 74.6 Å². The fraction of sp³-hybridized carbons (Fsp3) is 0.333. The molecule has 176 valence electrons. The first-order valence-electron chi connectivity index (χ1n) is 11.3. The Labute approximate surface area is 198 Å². The number of aliphatic carboxylic acids is 1. The summed E-state index contributed by atoms with van der Waals surface area (Å²) in [6.07, 6.45) is 10.8. The highest BCUT2D eigenvalue weighted by atomic mass is 16.5. The van der Waals surface area contributed by atoms with E-state index < -0.39 is 17.4 Å². The molecule has 1 aromatic heterocycles. The zero-order valence-corrected chi connectivity index (χ0v) is 19.8. The Bertz CT molecular complexity index is 1230. The molecule has 0 amide bonds. The van der Waals surface area contributed by atoms with Crippen LogP contribution in [-0.4, -0.2) is 40.5 Å². The average Bonchev–Trinajstić information content (AvgIpc) is 2.83. The highest BCUT2D eigenvalue weighted by Gasteiger charge is 2.48. The molecule has 4 rings (SSSR count). The van der Waals surface area contributed by atoms with Gasteiger partial charge in [-0.3, -0.25) is 14.8 Å². The van der Waals surface area contributed by atoms with Crippen molar-refractivity contribution in [1.82, 2.24) is 4.98 Å². The summed E-state index contributed by atoms with van der Waals surface area (Å²) in [5.41, 5.74) is 3.71. The topological polar surface area (TPSA) is 98.1 Å². The van der Waals surface area contributed by atoms with Gasteiger partial charge < -0.3 is 14.6 Å². The standard InChI is InChI=1S/C27H28N2O5/c1-16-8-9-21-19(4)23(17(2)18(3)24(21)34-16)27(26(31)32)11-6-13-29-22(27)10-14-33-25(30)20-7-5-12-28-15-20/h5-9,12-13,15-16H,10-11,14H2,1-4H3,(H,31,32). The zero-order valence-electron chi connectivity index (χ0n) is 19.8. The van der Waals surface area contributed by atoms with E-state index in [9.17, 15) is 14.7 Å². The quantitative estimate of drug-likeness (QED) is 0.626. The van der Waals surface area contributed by atoms with Gasteiger partial charge in [-0.2, -0.15) is 0 Å². The monoisotopic (exact) mass is 460 g/mol. The van der Waals surface area contributed by atoms with Crippen molar-refractivity contribution in [2.24, 2.45) is 4.99 Å². The van der Waals surface area contributed by atoms with Crippen molar-refractivity contribution >= 4 is 23.7 Å². The van der Waals surface area contributed by atoms with Crippen LogP contribution in [0.5, 0.6) is 5.75 Å². The Morgan fingerprint density at radius 2 is 2.03 bits per heavy atom. The van der Waals surface area contributed by atoms with Crippen LogP contribution in [0.4, 0.5) is 0 Å². The molecule has 2 unspecified atom stereocenters. The van der Waals surface area contributed by atoms with Gasteiger partial charge in [0.25, 0.3) is 0 Å². The number of carbonyl (C=O) groups excluding carboxylic acids is 1. The number of fused-ring (bicyclic) bond motifs is 1. The van der Waals surface area contributed by atoms with Crippen molar-refractivity contribution in [3.8, 4) is 5.75 Å². The highest BCUT2D eigenvalue weighted by molar-refractivity contribution is 6.13. The van der Waals surface area contributed by atoms with Crippen molar-refractivity contribution in [2.45, 2.75) is 52.1 Å². The number of esters is 1. The fourth-order valence-corrected chi connectivity index (χ4v) is 4.85. The summed E-state index contributed by atoms with van der Waals surface area (Å²) in [4.78, 5) is 33.7. The number of hydrogen-bond donors (Lipinski definition) is 1. The number of rotatable bonds is 6. The van der Waals surface area contributed by atoms with Gasteiger partial charge in [0.15, 0.2) is 0 Å². The van der Waals surface area contributed by atoms with Crippen LogP contribution in [0.3, 0.4) is 0 Å². The molecule has 2 aliphatic heterocycles. The number of hydrogen-bond acceptors (Lipinski definition) is 6. The number of benzene rings is 1. The third kappa shape index (κ3) is 3.91. The Hall–Kier alpha value is -3.74. The van der Waals surface area contributed by atoms with Gasteiger partial charge in [0.05, 0.1) is 12.2 Å². The molecule has 3 heterocycles. The Morgan fingerprint density at radius 3 is 2.74 bits per heavy atom. The summed E-state index contributed by atoms with van der Waals surface area (Å²) in [7, 11) is 0. The van der Waals surface area contributed by atoms with E-state index in [1.54, 1.807) is 30.6 Å². The minimum atomic E-state index is -1.36. The van der Waals surface area contributed by atoms with E-state index >= 15 is 0 Å². The highest BCUT2D eigenvalue weighted by Crippen LogP contribution is 2.45. The third-order valence-corrected chi connectivity index (χ3v) is 6.65. The van der Waals surface area contributed by atoms with Crippen molar-refractivity contribution < 1.29 is 24.2 Å². The van der Waals surface area contributed by atoms with Gasteiger partial charge in [-0.1, -0.05) is 12.2 Å². The number of nitrogens with zero attached hydrogens (tertiary/aromatic N) is 2. The van der Waals surface area contributed by atoms with Crippen molar-refractivity contribution in [3.05, 3.63) is 76.3 Å². The normalized spacial score (nSPS) is 20.8. The number of carboxylic acids is 1. The van der Waals surface area contributed by atoms with Crippen LogP contribution in [-0.2, 0) is 14.9 Å². The molecule has 7 heteroatoms. The van der Waals surface area contributed by atoms with Crippen LogP contribution in [0.1, 0.15) is 57.9 Å². The second kappa shape index (κ2) is 9.25. The van der Waals surface area contributed by atoms with Gasteiger partial charge in [0, 0.05) is 36.3 Å². The summed E-state index contributed by atoms with van der Waals surface area (Å²) < 4.78 is 11.5. The van der Waals surface area contributed by atoms with E-state index in [1.165, 1.54) is 6.20 Å². The molecule has 7 nitrogen and oxygen atoms in total. The maximum atomic E-state index is 13.0. The first-order chi connectivity index (χ1) is 16.3. The Morgan fingerprint density at radius 1 is 1.24 bits per heavy atom. The van der Waals surface area contributed by atoms with E-state index in [1.807, 2.05) is 39.8 Å². The molecule has 2 aliphatic rings. The minimum absolute atomic E-state index is 0.0119. The van der Waals surface area contributed by atoms with Crippen LogP contribution in [0, 0.1) is 20.8 Å². The molecule has 0 radical (unpaired) electrons. The maximum absolute atomic E-state index is 13.0. The molecule has 0 saturated carbocycles. The molecule has 0 spiro atoms. The van der Waals surface area contributed by atoms with E-state index in [-0.39, 0.29) is 25.6 Å². The Kier molecular flexibility index (Phi) is 6.37. The summed E-state index contributed by atoms with van der Waals surface area (Å²) in [5.74, 6) is -0.687. The number of allylic oxidation sites excluding steroid dienone is 1. The number of aliphatic imine (C=N–C) groups is 1. The van der Waals surface area contributed by atoms with Crippen LogP contribution >= 0.6 is 0 Å². The van der Waals surface area contributed by atoms with Crippen molar-refractivity contribution in [3.63, 3.8) is 0 Å². The molecule has 0 aliphatic carbocycles. The van der Waals surface area contributed by atoms with E-state index in [4.69, 9.17) is 9.47 Å². The van der Waals surface area contributed by atoms with Gasteiger partial charge in [-0.25, -0.2) is 4.79 Å². The van der Waals surface area contributed by atoms with Gasteiger partial charge in [0.1, 0.15) is 17.3 Å². The number of carbonyl (C=O) groups is 2. The van der Waals surface area contributed by atoms with Crippen LogP contribution in [0.2, 0.25) is 0 Å². The summed E-state index contributed by atoms with van der Waals surface area (Å²) >= 11 is 0. The summed E-state index contributed by atoms with van der Waals surface area (Å²) in [5, 5.41) is 10.6. The smallest absolute Gasteiger partial charge is 0.339 e. The summed E-state index contributed by atoms with van der Waals surface area (Å²) in [6, 6.07) is 3.28. The average molecular weight is 461 g/mol. The lowest BCUT2D eigenvalue weighted by molar-refractivity contribution is -0.141. The SMILES string of the molecule is Cc1c(C)c(C2(C(=O)O)CC=CN=C2CCOC(=O)c2cccnc2)c(C)c2c1OC(C)C=C2. The van der Waals surface area contributed by atoms with Gasteiger partial charge in [0.2, 0.25) is 0 Å². The predicted octanol–water partition coefficient (Wildman–Crippen LogP) is 4.73. The molecule has 2 atom stereocenters. The molecule has 34 heavy (non-hydrogen) atoms. The van der Waals surface area contributed by atoms with E-state index in [0.717, 1.165) is 33.6 Å². The number of pyridine rings is 1. The molecular formula is C27H28N2O5. The molecule has 1 N–H and O–H groups in total. The maximum Gasteiger partial charge on any atom is 0.339 e. The molecule has 0 fully saturated rings. The lowest BCUT2D eigenvalue weighted by Crippen LogP contribution is -2.46. The number of carboxylic acid groups (broad SMARTS) is 1. The Balaban J connectivity index is 1.72. The first-order valence-corrected chi connectivity index (χ1v) is 11.3. The van der Waals surface area contributed by atoms with Gasteiger partial charge in [-0.15, -0.1) is 0 Å². The first kappa shape index (κ1) is 23.4. The second-order valence-corrected chi connectivity index (χ2v) is 8.68. The fourth-order valence-electron chi connectivity index (χ4n) is 4.85. The van der Waals surface area contributed by atoms with Crippen molar-refractivity contribution in [1.29, 1.82) is 0 Å². The predicted molar refractivity (Wildman–Crippen MR) is 129 cm³/mol. The number of aromatic nitrogens is 1. The van der Waals surface area contributed by atoms with E-state index in [2.05, 4.69) is 9.98 Å². The molecular weight excluding hydrogens is 432 g/mol. The molecule has 0 bridgehead atoms. The second-order valence-electron chi connectivity index (χ2n) is 8.68. The molecule has 2 aromatic rings. The lowest BCUT2D eigenvalue weighted by Gasteiger charge is -2.37. The summed E-state index contributed by atoms with van der Waals surface area (Å²) in [6.45, 7) is 7.82.